The molecule has 1 aromatic heterocycles. The minimum absolute atomic E-state index is 0.00306. The van der Waals surface area contributed by atoms with E-state index in [1.807, 2.05) is 0 Å². The third-order valence-corrected chi connectivity index (χ3v) is 2.45. The third kappa shape index (κ3) is 2.89. The van der Waals surface area contributed by atoms with Crippen LogP contribution in [0.5, 0.6) is 11.6 Å². The highest BCUT2D eigenvalue weighted by Crippen LogP contribution is 2.30. The standard InChI is InChI=1S/C13H10N2O5/c1-8-6-9(13(16)17)7-12(14-8)20-11-5-3-2-4-10(11)15(18)19/h2-7H,1H3,(H,16,17). The van der Waals surface area contributed by atoms with E-state index in [9.17, 15) is 14.9 Å². The number of aromatic nitrogens is 1. The lowest BCUT2D eigenvalue weighted by molar-refractivity contribution is -0.385. The molecule has 0 aliphatic rings. The van der Waals surface area contributed by atoms with E-state index in [0.29, 0.717) is 5.69 Å². The molecule has 7 nitrogen and oxygen atoms in total. The van der Waals surface area contributed by atoms with Crippen LogP contribution in [0.3, 0.4) is 0 Å². The average Bonchev–Trinajstić information content (AvgIpc) is 2.38. The summed E-state index contributed by atoms with van der Waals surface area (Å²) in [6.07, 6.45) is 0. The van der Waals surface area contributed by atoms with E-state index in [2.05, 4.69) is 4.98 Å². The van der Waals surface area contributed by atoms with Gasteiger partial charge in [-0.1, -0.05) is 12.1 Å². The number of nitrogens with zero attached hydrogens (tertiary/aromatic N) is 2. The van der Waals surface area contributed by atoms with Gasteiger partial charge in [0.15, 0.2) is 0 Å². The normalized spacial score (nSPS) is 10.1. The summed E-state index contributed by atoms with van der Waals surface area (Å²) in [4.78, 5) is 25.2. The van der Waals surface area contributed by atoms with Gasteiger partial charge >= 0.3 is 11.7 Å². The van der Waals surface area contributed by atoms with Gasteiger partial charge in [-0.2, -0.15) is 0 Å². The lowest BCUT2D eigenvalue weighted by Gasteiger charge is -2.07. The third-order valence-electron chi connectivity index (χ3n) is 2.45. The molecule has 0 saturated carbocycles. The van der Waals surface area contributed by atoms with Gasteiger partial charge in [0, 0.05) is 17.8 Å². The number of aromatic carboxylic acids is 1. The fraction of sp³-hybridized carbons (Fsp3) is 0.0769. The zero-order chi connectivity index (χ0) is 14.7. The fourth-order valence-corrected chi connectivity index (χ4v) is 1.62. The van der Waals surface area contributed by atoms with Crippen molar-refractivity contribution in [3.05, 3.63) is 57.8 Å². The van der Waals surface area contributed by atoms with E-state index >= 15 is 0 Å². The summed E-state index contributed by atoms with van der Waals surface area (Å²) in [6.45, 7) is 1.61. The number of hydrogen-bond acceptors (Lipinski definition) is 5. The van der Waals surface area contributed by atoms with Gasteiger partial charge in [-0.25, -0.2) is 9.78 Å². The lowest BCUT2D eigenvalue weighted by atomic mass is 10.2. The highest BCUT2D eigenvalue weighted by Gasteiger charge is 2.16. The predicted molar refractivity (Wildman–Crippen MR) is 69.1 cm³/mol. The number of aryl methyl sites for hydroxylation is 1. The Labute approximate surface area is 113 Å². The Balaban J connectivity index is 2.40. The number of carboxylic acid groups (broad SMARTS) is 1. The molecule has 0 saturated heterocycles. The summed E-state index contributed by atoms with van der Waals surface area (Å²) in [6, 6.07) is 8.40. The minimum atomic E-state index is -1.12. The van der Waals surface area contributed by atoms with Crippen molar-refractivity contribution in [2.24, 2.45) is 0 Å². The van der Waals surface area contributed by atoms with Crippen molar-refractivity contribution in [1.29, 1.82) is 0 Å². The Morgan fingerprint density at radius 2 is 2.05 bits per heavy atom. The summed E-state index contributed by atoms with van der Waals surface area (Å²) < 4.78 is 5.33. The largest absolute Gasteiger partial charge is 0.478 e. The van der Waals surface area contributed by atoms with Crippen molar-refractivity contribution in [1.82, 2.24) is 4.98 Å². The number of benzene rings is 1. The van der Waals surface area contributed by atoms with Gasteiger partial charge in [0.1, 0.15) is 0 Å². The predicted octanol–water partition coefficient (Wildman–Crippen LogP) is 2.79. The van der Waals surface area contributed by atoms with Gasteiger partial charge in [0.05, 0.1) is 10.5 Å². The van der Waals surface area contributed by atoms with E-state index < -0.39 is 10.9 Å². The molecule has 2 aromatic rings. The van der Waals surface area contributed by atoms with Gasteiger partial charge in [0.2, 0.25) is 11.6 Å². The Bertz CT molecular complexity index is 684. The summed E-state index contributed by atoms with van der Waals surface area (Å²) in [5.41, 5.74) is 0.234. The quantitative estimate of drug-likeness (QED) is 0.679. The van der Waals surface area contributed by atoms with E-state index in [0.717, 1.165) is 0 Å². The van der Waals surface area contributed by atoms with Crippen LogP contribution in [0.2, 0.25) is 0 Å². The van der Waals surface area contributed by atoms with Crippen molar-refractivity contribution in [2.45, 2.75) is 6.92 Å². The maximum atomic E-state index is 10.9. The first-order chi connectivity index (χ1) is 9.47. The first-order valence-corrected chi connectivity index (χ1v) is 5.60. The fourth-order valence-electron chi connectivity index (χ4n) is 1.62. The Morgan fingerprint density at radius 3 is 2.70 bits per heavy atom. The maximum Gasteiger partial charge on any atom is 0.335 e. The zero-order valence-corrected chi connectivity index (χ0v) is 10.4. The molecule has 0 unspecified atom stereocenters. The van der Waals surface area contributed by atoms with Crippen LogP contribution in [0.4, 0.5) is 5.69 Å². The van der Waals surface area contributed by atoms with Crippen molar-refractivity contribution in [2.75, 3.05) is 0 Å². The molecular formula is C13H10N2O5. The molecule has 2 rings (SSSR count). The number of para-hydroxylation sites is 2. The second-order valence-corrected chi connectivity index (χ2v) is 3.97. The molecule has 1 heterocycles. The van der Waals surface area contributed by atoms with E-state index in [1.165, 1.54) is 30.3 Å². The Hall–Kier alpha value is -2.96. The number of pyridine rings is 1. The molecule has 0 bridgehead atoms. The maximum absolute atomic E-state index is 10.9. The Kier molecular flexibility index (Phi) is 3.60. The molecule has 0 atom stereocenters. The summed E-state index contributed by atoms with van der Waals surface area (Å²) >= 11 is 0. The van der Waals surface area contributed by atoms with E-state index in [1.54, 1.807) is 13.0 Å². The summed E-state index contributed by atoms with van der Waals surface area (Å²) in [7, 11) is 0. The average molecular weight is 274 g/mol. The molecule has 1 N–H and O–H groups in total. The SMILES string of the molecule is Cc1cc(C(=O)O)cc(Oc2ccccc2[N+](=O)[O-])n1. The molecule has 102 valence electrons. The zero-order valence-electron chi connectivity index (χ0n) is 10.4. The Morgan fingerprint density at radius 1 is 1.35 bits per heavy atom. The molecule has 0 aliphatic heterocycles. The van der Waals surface area contributed by atoms with Gasteiger partial charge in [-0.15, -0.1) is 0 Å². The lowest BCUT2D eigenvalue weighted by Crippen LogP contribution is -2.00. The topological polar surface area (TPSA) is 103 Å². The van der Waals surface area contributed by atoms with Gasteiger partial charge in [-0.3, -0.25) is 10.1 Å². The molecule has 0 amide bonds. The van der Waals surface area contributed by atoms with Gasteiger partial charge in [-0.05, 0) is 19.1 Å². The number of carbonyl (C=O) groups is 1. The molecule has 0 radical (unpaired) electrons. The van der Waals surface area contributed by atoms with Crippen LogP contribution in [0.15, 0.2) is 36.4 Å². The number of hydrogen-bond donors (Lipinski definition) is 1. The molecule has 0 fully saturated rings. The van der Waals surface area contributed by atoms with Crippen LogP contribution in [-0.4, -0.2) is 21.0 Å². The van der Waals surface area contributed by atoms with Crippen molar-refractivity contribution in [3.8, 4) is 11.6 Å². The number of rotatable bonds is 4. The highest BCUT2D eigenvalue weighted by molar-refractivity contribution is 5.88. The first-order valence-electron chi connectivity index (χ1n) is 5.60. The van der Waals surface area contributed by atoms with E-state index in [-0.39, 0.29) is 22.9 Å². The van der Waals surface area contributed by atoms with Gasteiger partial charge in [0.25, 0.3) is 0 Å². The van der Waals surface area contributed by atoms with Gasteiger partial charge < -0.3 is 9.84 Å². The molecule has 0 aliphatic carbocycles. The molecule has 20 heavy (non-hydrogen) atoms. The molecule has 1 aromatic carbocycles. The van der Waals surface area contributed by atoms with Crippen molar-refractivity contribution in [3.63, 3.8) is 0 Å². The summed E-state index contributed by atoms with van der Waals surface area (Å²) in [5.74, 6) is -1.12. The molecule has 7 heteroatoms. The number of nitro benzene ring substituents is 1. The number of nitro groups is 1. The monoisotopic (exact) mass is 274 g/mol. The van der Waals surface area contributed by atoms with Crippen LogP contribution in [-0.2, 0) is 0 Å². The second kappa shape index (κ2) is 5.35. The van der Waals surface area contributed by atoms with Crippen molar-refractivity contribution < 1.29 is 19.6 Å². The molecular weight excluding hydrogens is 264 g/mol. The summed E-state index contributed by atoms with van der Waals surface area (Å²) in [5, 5.41) is 19.8. The minimum Gasteiger partial charge on any atom is -0.478 e. The number of carboxylic acids is 1. The highest BCUT2D eigenvalue weighted by atomic mass is 16.6. The second-order valence-electron chi connectivity index (χ2n) is 3.97. The number of ether oxygens (including phenoxy) is 1. The van der Waals surface area contributed by atoms with Crippen molar-refractivity contribution >= 4 is 11.7 Å². The van der Waals surface area contributed by atoms with Crippen LogP contribution in [0, 0.1) is 17.0 Å². The van der Waals surface area contributed by atoms with Crippen LogP contribution in [0.1, 0.15) is 16.1 Å². The smallest absolute Gasteiger partial charge is 0.335 e. The van der Waals surface area contributed by atoms with Crippen LogP contribution >= 0.6 is 0 Å². The molecule has 0 spiro atoms. The van der Waals surface area contributed by atoms with E-state index in [4.69, 9.17) is 9.84 Å². The van der Waals surface area contributed by atoms with Crippen LogP contribution < -0.4 is 4.74 Å². The van der Waals surface area contributed by atoms with Crippen LogP contribution in [0.25, 0.3) is 0 Å². The first kappa shape index (κ1) is 13.5.